The Morgan fingerprint density at radius 3 is 2.46 bits per heavy atom. The number of benzene rings is 2. The van der Waals surface area contributed by atoms with Gasteiger partial charge in [0.25, 0.3) is 5.91 Å². The Hall–Kier alpha value is -2.92. The number of para-hydroxylation sites is 2. The number of nitrogens with zero attached hydrogens (tertiary/aromatic N) is 1. The van der Waals surface area contributed by atoms with E-state index >= 15 is 0 Å². The number of hydrogen-bond donors (Lipinski definition) is 2. The van der Waals surface area contributed by atoms with Crippen LogP contribution in [0, 0.1) is 0 Å². The molecule has 4 nitrogen and oxygen atoms in total. The smallest absolute Gasteiger partial charge is 0.273 e. The molecule has 0 spiro atoms. The summed E-state index contributed by atoms with van der Waals surface area (Å²) < 4.78 is 0. The summed E-state index contributed by atoms with van der Waals surface area (Å²) in [6.45, 7) is 1.88. The number of thiophene rings is 1. The molecule has 0 aliphatic carbocycles. The second-order valence-corrected chi connectivity index (χ2v) is 6.10. The molecule has 2 aromatic carbocycles. The molecule has 24 heavy (non-hydrogen) atoms. The quantitative estimate of drug-likeness (QED) is 0.527. The highest BCUT2D eigenvalue weighted by Gasteiger charge is 2.11. The standard InChI is InChI=1S/C19H17N3OS/c1-14(18-12-7-13-24-18)21-22-19(23)16-10-5-6-11-17(16)20-15-8-3-2-4-9-15/h2-13,20H,1H3,(H,22,23)/b21-14-. The minimum Gasteiger partial charge on any atom is -0.355 e. The summed E-state index contributed by atoms with van der Waals surface area (Å²) in [5.74, 6) is -0.245. The summed E-state index contributed by atoms with van der Waals surface area (Å²) in [5.41, 5.74) is 5.63. The Bertz CT molecular complexity index is 842. The molecule has 0 fully saturated rings. The van der Waals surface area contributed by atoms with Gasteiger partial charge in [-0.25, -0.2) is 5.43 Å². The van der Waals surface area contributed by atoms with E-state index in [4.69, 9.17) is 0 Å². The maximum atomic E-state index is 12.5. The van der Waals surface area contributed by atoms with Gasteiger partial charge in [0.2, 0.25) is 0 Å². The Morgan fingerprint density at radius 2 is 1.71 bits per heavy atom. The van der Waals surface area contributed by atoms with Crippen LogP contribution in [0.1, 0.15) is 22.2 Å². The third-order valence-corrected chi connectivity index (χ3v) is 4.41. The molecule has 0 atom stereocenters. The summed E-state index contributed by atoms with van der Waals surface area (Å²) >= 11 is 1.59. The topological polar surface area (TPSA) is 53.5 Å². The second kappa shape index (κ2) is 7.57. The van der Waals surface area contributed by atoms with Crippen LogP contribution in [0.25, 0.3) is 0 Å². The van der Waals surface area contributed by atoms with Gasteiger partial charge >= 0.3 is 0 Å². The summed E-state index contributed by atoms with van der Waals surface area (Å²) in [7, 11) is 0. The molecule has 0 unspecified atom stereocenters. The number of amides is 1. The van der Waals surface area contributed by atoms with Gasteiger partial charge < -0.3 is 5.32 Å². The minimum atomic E-state index is -0.245. The molecular formula is C19H17N3OS. The van der Waals surface area contributed by atoms with Crippen molar-refractivity contribution in [1.82, 2.24) is 5.43 Å². The molecule has 3 rings (SSSR count). The Labute approximate surface area is 144 Å². The van der Waals surface area contributed by atoms with Crippen LogP contribution in [-0.2, 0) is 0 Å². The summed E-state index contributed by atoms with van der Waals surface area (Å²) in [5, 5.41) is 9.43. The molecule has 0 saturated heterocycles. The molecule has 1 heterocycles. The highest BCUT2D eigenvalue weighted by atomic mass is 32.1. The van der Waals surface area contributed by atoms with Gasteiger partial charge in [-0.15, -0.1) is 11.3 Å². The first-order chi connectivity index (χ1) is 11.7. The number of rotatable bonds is 5. The fraction of sp³-hybridized carbons (Fsp3) is 0.0526. The van der Waals surface area contributed by atoms with Crippen molar-refractivity contribution in [1.29, 1.82) is 0 Å². The second-order valence-electron chi connectivity index (χ2n) is 5.15. The lowest BCUT2D eigenvalue weighted by Gasteiger charge is -2.11. The third-order valence-electron chi connectivity index (χ3n) is 3.43. The van der Waals surface area contributed by atoms with E-state index in [1.165, 1.54) is 0 Å². The van der Waals surface area contributed by atoms with E-state index in [9.17, 15) is 4.79 Å². The van der Waals surface area contributed by atoms with Crippen molar-refractivity contribution < 1.29 is 4.79 Å². The third kappa shape index (κ3) is 3.88. The summed E-state index contributed by atoms with van der Waals surface area (Å²) in [6, 6.07) is 21.0. The van der Waals surface area contributed by atoms with E-state index in [-0.39, 0.29) is 5.91 Å². The highest BCUT2D eigenvalue weighted by Crippen LogP contribution is 2.20. The number of carbonyl (C=O) groups excluding carboxylic acids is 1. The maximum absolute atomic E-state index is 12.5. The fourth-order valence-electron chi connectivity index (χ4n) is 2.20. The van der Waals surface area contributed by atoms with Crippen molar-refractivity contribution in [3.63, 3.8) is 0 Å². The zero-order valence-corrected chi connectivity index (χ0v) is 14.0. The van der Waals surface area contributed by atoms with E-state index in [2.05, 4.69) is 15.8 Å². The van der Waals surface area contributed by atoms with Crippen molar-refractivity contribution in [3.8, 4) is 0 Å². The fourth-order valence-corrected chi connectivity index (χ4v) is 2.88. The number of nitrogens with one attached hydrogen (secondary N) is 2. The van der Waals surface area contributed by atoms with Crippen LogP contribution < -0.4 is 10.7 Å². The molecular weight excluding hydrogens is 318 g/mol. The van der Waals surface area contributed by atoms with Crippen LogP contribution in [-0.4, -0.2) is 11.6 Å². The lowest BCUT2D eigenvalue weighted by atomic mass is 10.1. The molecule has 0 aliphatic heterocycles. The van der Waals surface area contributed by atoms with Gasteiger partial charge in [0, 0.05) is 10.6 Å². The van der Waals surface area contributed by atoms with Crippen LogP contribution in [0.5, 0.6) is 0 Å². The summed E-state index contributed by atoms with van der Waals surface area (Å²) in [4.78, 5) is 13.5. The molecule has 1 aromatic heterocycles. The lowest BCUT2D eigenvalue weighted by Crippen LogP contribution is -2.20. The van der Waals surface area contributed by atoms with Gasteiger partial charge in [-0.1, -0.05) is 36.4 Å². The number of hydrazone groups is 1. The van der Waals surface area contributed by atoms with E-state index in [0.29, 0.717) is 5.56 Å². The molecule has 1 amide bonds. The van der Waals surface area contributed by atoms with Crippen molar-refractivity contribution >= 4 is 34.3 Å². The molecule has 0 radical (unpaired) electrons. The van der Waals surface area contributed by atoms with Crippen LogP contribution in [0.2, 0.25) is 0 Å². The van der Waals surface area contributed by atoms with Crippen molar-refractivity contribution in [2.45, 2.75) is 6.92 Å². The van der Waals surface area contributed by atoms with Gasteiger partial charge in [0.1, 0.15) is 0 Å². The minimum absolute atomic E-state index is 0.245. The van der Waals surface area contributed by atoms with Gasteiger partial charge in [-0.3, -0.25) is 4.79 Å². The first kappa shape index (κ1) is 16.0. The van der Waals surface area contributed by atoms with E-state index in [0.717, 1.165) is 22.0 Å². The zero-order valence-electron chi connectivity index (χ0n) is 13.2. The largest absolute Gasteiger partial charge is 0.355 e. The molecule has 0 aliphatic rings. The van der Waals surface area contributed by atoms with Crippen molar-refractivity contribution in [2.24, 2.45) is 5.10 Å². The van der Waals surface area contributed by atoms with Crippen LogP contribution >= 0.6 is 11.3 Å². The monoisotopic (exact) mass is 335 g/mol. The Morgan fingerprint density at radius 1 is 0.958 bits per heavy atom. The van der Waals surface area contributed by atoms with Gasteiger partial charge in [0.05, 0.1) is 17.0 Å². The molecule has 2 N–H and O–H groups in total. The number of hydrogen-bond acceptors (Lipinski definition) is 4. The van der Waals surface area contributed by atoms with Crippen LogP contribution in [0.15, 0.2) is 77.2 Å². The molecule has 0 bridgehead atoms. The van der Waals surface area contributed by atoms with Gasteiger partial charge in [-0.05, 0) is 42.6 Å². The normalized spacial score (nSPS) is 11.1. The molecule has 0 saturated carbocycles. The van der Waals surface area contributed by atoms with E-state index in [1.807, 2.05) is 73.0 Å². The average molecular weight is 335 g/mol. The van der Waals surface area contributed by atoms with E-state index < -0.39 is 0 Å². The summed E-state index contributed by atoms with van der Waals surface area (Å²) in [6.07, 6.45) is 0. The average Bonchev–Trinajstić information content (AvgIpc) is 3.15. The molecule has 120 valence electrons. The lowest BCUT2D eigenvalue weighted by molar-refractivity contribution is 0.0955. The predicted octanol–water partition coefficient (Wildman–Crippen LogP) is 4.65. The SMILES string of the molecule is C/C(=N/NC(=O)c1ccccc1Nc1ccccc1)c1cccs1. The Kier molecular flexibility index (Phi) is 5.03. The highest BCUT2D eigenvalue weighted by molar-refractivity contribution is 7.12. The van der Waals surface area contributed by atoms with Crippen LogP contribution in [0.3, 0.4) is 0 Å². The number of carbonyl (C=O) groups is 1. The number of anilines is 2. The van der Waals surface area contributed by atoms with Gasteiger partial charge in [-0.2, -0.15) is 5.10 Å². The zero-order chi connectivity index (χ0) is 16.8. The van der Waals surface area contributed by atoms with E-state index in [1.54, 1.807) is 17.4 Å². The molecule has 5 heteroatoms. The maximum Gasteiger partial charge on any atom is 0.273 e. The first-order valence-corrected chi connectivity index (χ1v) is 8.41. The van der Waals surface area contributed by atoms with Crippen LogP contribution in [0.4, 0.5) is 11.4 Å². The van der Waals surface area contributed by atoms with Crippen molar-refractivity contribution in [3.05, 3.63) is 82.6 Å². The molecule has 3 aromatic rings. The van der Waals surface area contributed by atoms with Gasteiger partial charge in [0.15, 0.2) is 0 Å². The predicted molar refractivity (Wildman–Crippen MR) is 100 cm³/mol. The first-order valence-electron chi connectivity index (χ1n) is 7.53. The Balaban J connectivity index is 1.77. The van der Waals surface area contributed by atoms with Crippen molar-refractivity contribution in [2.75, 3.05) is 5.32 Å².